The summed E-state index contributed by atoms with van der Waals surface area (Å²) in [4.78, 5) is 2.31. The van der Waals surface area contributed by atoms with E-state index in [1.807, 2.05) is 89.5 Å². The minimum Gasteiger partial charge on any atom is -0.455 e. The molecule has 58 heavy (non-hydrogen) atoms. The van der Waals surface area contributed by atoms with Gasteiger partial charge in [0.1, 0.15) is 5.75 Å². The molecule has 0 fully saturated rings. The fraction of sp³-hybridized carbons (Fsp3) is 0. The Morgan fingerprint density at radius 1 is 0.483 bits per heavy atom. The van der Waals surface area contributed by atoms with Crippen molar-refractivity contribution < 1.29 is 10.2 Å². The highest BCUT2D eigenvalue weighted by Crippen LogP contribution is 2.49. The zero-order valence-electron chi connectivity index (χ0n) is 35.2. The highest BCUT2D eigenvalue weighted by molar-refractivity contribution is 9.10. The molecule has 4 heteroatoms. The Morgan fingerprint density at radius 2 is 1.07 bits per heavy atom. The van der Waals surface area contributed by atoms with Crippen LogP contribution >= 0.6 is 15.9 Å². The zero-order chi connectivity index (χ0) is 42.3. The fourth-order valence-corrected chi connectivity index (χ4v) is 8.10. The number of hydrogen-bond donors (Lipinski definition) is 0. The molecule has 0 radical (unpaired) electrons. The van der Waals surface area contributed by atoms with E-state index >= 15 is 0 Å². The van der Waals surface area contributed by atoms with E-state index in [0.29, 0.717) is 33.3 Å². The Labute approximate surface area is 352 Å². The van der Waals surface area contributed by atoms with Gasteiger partial charge in [-0.15, -0.1) is 0 Å². The lowest BCUT2D eigenvalue weighted by molar-refractivity contribution is 0.487. The van der Waals surface area contributed by atoms with Gasteiger partial charge in [-0.2, -0.15) is 0 Å². The molecule has 0 saturated heterocycles. The lowest BCUT2D eigenvalue weighted by Crippen LogP contribution is -2.13. The molecule has 1 aromatic heterocycles. The average Bonchev–Trinajstić information content (AvgIpc) is 3.68. The van der Waals surface area contributed by atoms with E-state index in [0.717, 1.165) is 60.6 Å². The normalized spacial score (nSPS) is 12.2. The van der Waals surface area contributed by atoms with Gasteiger partial charge < -0.3 is 14.2 Å². The number of anilines is 3. The number of fused-ring (bicyclic) bond motifs is 3. The first-order valence-electron chi connectivity index (χ1n) is 21.1. The van der Waals surface area contributed by atoms with Crippen LogP contribution < -0.4 is 9.64 Å². The van der Waals surface area contributed by atoms with Gasteiger partial charge in [-0.25, -0.2) is 0 Å². The van der Waals surface area contributed by atoms with Crippen molar-refractivity contribution in [1.82, 2.24) is 4.57 Å². The second kappa shape index (κ2) is 15.4. The van der Waals surface area contributed by atoms with Gasteiger partial charge in [-0.1, -0.05) is 174 Å². The summed E-state index contributed by atoms with van der Waals surface area (Å²) < 4.78 is 45.4. The van der Waals surface area contributed by atoms with Gasteiger partial charge in [0.25, 0.3) is 0 Å². The first-order valence-corrected chi connectivity index (χ1v) is 19.9. The van der Waals surface area contributed by atoms with E-state index in [-0.39, 0.29) is 24.2 Å². The van der Waals surface area contributed by atoms with Crippen LogP contribution in [-0.4, -0.2) is 4.57 Å². The fourth-order valence-electron chi connectivity index (χ4n) is 7.83. The molecule has 10 aromatic rings. The lowest BCUT2D eigenvalue weighted by Gasteiger charge is -2.31. The van der Waals surface area contributed by atoms with Gasteiger partial charge in [0.05, 0.1) is 27.9 Å². The molecule has 0 atom stereocenters. The van der Waals surface area contributed by atoms with Crippen LogP contribution in [0.5, 0.6) is 11.5 Å². The topological polar surface area (TPSA) is 17.4 Å². The number of nitrogens with zero attached hydrogens (tertiary/aromatic N) is 2. The SMILES string of the molecule is [2H]c1c([2H])c([2H])c2c(c1[2H])c1cccc(Oc3cc(-c4ccccc4)cc(N(c4ccc(Br)cc4)c4c(-c5ccccc5)cccc4-c4ccccc4)c3)c1n2-c1ccccc1. The molecule has 0 aliphatic carbocycles. The third kappa shape index (κ3) is 6.64. The Kier molecular flexibility index (Phi) is 8.24. The molecular weight excluding hydrogens is 773 g/mol. The molecule has 0 aliphatic rings. The zero-order valence-corrected chi connectivity index (χ0v) is 32.8. The molecule has 9 aromatic carbocycles. The van der Waals surface area contributed by atoms with Crippen LogP contribution in [0.15, 0.2) is 229 Å². The number of ether oxygens (including phenoxy) is 1. The molecule has 0 amide bonds. The van der Waals surface area contributed by atoms with Gasteiger partial charge >= 0.3 is 0 Å². The van der Waals surface area contributed by atoms with Crippen molar-refractivity contribution in [2.24, 2.45) is 0 Å². The van der Waals surface area contributed by atoms with Gasteiger partial charge in [0.2, 0.25) is 0 Å². The molecule has 1 heterocycles. The second-order valence-electron chi connectivity index (χ2n) is 14.0. The van der Waals surface area contributed by atoms with Crippen LogP contribution in [0.2, 0.25) is 0 Å². The highest BCUT2D eigenvalue weighted by Gasteiger charge is 2.24. The molecule has 0 N–H and O–H groups in total. The van der Waals surface area contributed by atoms with E-state index in [1.54, 1.807) is 0 Å². The summed E-state index contributed by atoms with van der Waals surface area (Å²) in [5.41, 5.74) is 10.8. The minimum absolute atomic E-state index is 0.0948. The van der Waals surface area contributed by atoms with Crippen LogP contribution in [0.1, 0.15) is 5.48 Å². The minimum atomic E-state index is -0.288. The van der Waals surface area contributed by atoms with Crippen molar-refractivity contribution in [1.29, 1.82) is 0 Å². The molecule has 0 aliphatic heterocycles. The van der Waals surface area contributed by atoms with Crippen molar-refractivity contribution in [3.05, 3.63) is 229 Å². The maximum absolute atomic E-state index is 9.11. The highest BCUT2D eigenvalue weighted by atomic mass is 79.9. The van der Waals surface area contributed by atoms with Gasteiger partial charge in [-0.05, 0) is 82.9 Å². The number of para-hydroxylation sites is 4. The maximum Gasteiger partial charge on any atom is 0.152 e. The Hall–Kier alpha value is -7.14. The molecule has 0 unspecified atom stereocenters. The Balaban J connectivity index is 1.26. The maximum atomic E-state index is 9.11. The van der Waals surface area contributed by atoms with E-state index in [2.05, 4.69) is 136 Å². The summed E-state index contributed by atoms with van der Waals surface area (Å²) in [6.07, 6.45) is 0. The summed E-state index contributed by atoms with van der Waals surface area (Å²) in [6, 6.07) is 66.9. The van der Waals surface area contributed by atoms with Crippen molar-refractivity contribution in [2.75, 3.05) is 4.90 Å². The van der Waals surface area contributed by atoms with Crippen LogP contribution in [0, 0.1) is 0 Å². The van der Waals surface area contributed by atoms with Gasteiger partial charge in [-0.3, -0.25) is 0 Å². The van der Waals surface area contributed by atoms with E-state index in [1.165, 1.54) is 0 Å². The molecule has 0 spiro atoms. The number of aromatic nitrogens is 1. The monoisotopic (exact) mass is 812 g/mol. The molecular formula is C54H37BrN2O. The number of hydrogen-bond acceptors (Lipinski definition) is 2. The van der Waals surface area contributed by atoms with Crippen molar-refractivity contribution >= 4 is 54.8 Å². The molecule has 3 nitrogen and oxygen atoms in total. The summed E-state index contributed by atoms with van der Waals surface area (Å²) in [7, 11) is 0. The van der Waals surface area contributed by atoms with Crippen molar-refractivity contribution in [3.8, 4) is 50.6 Å². The number of benzene rings is 9. The standard InChI is InChI=1S/C54H37BrN2O/c55-42-31-33-44(34-32-42)56(53-47(39-19-7-2-8-20-39)26-15-27-48(53)40-21-9-3-10-22-40)45-35-41(38-17-5-1-6-18-38)36-46(37-45)58-52-30-16-28-50-49-25-13-14-29-51(49)57(54(50)52)43-23-11-4-12-24-43/h1-37H/i13D,14D,25D,29D. The van der Waals surface area contributed by atoms with Crippen LogP contribution in [0.3, 0.4) is 0 Å². The van der Waals surface area contributed by atoms with Crippen LogP contribution in [-0.2, 0) is 0 Å². The smallest absolute Gasteiger partial charge is 0.152 e. The first kappa shape index (κ1) is 31.0. The van der Waals surface area contributed by atoms with Gasteiger partial charge in [0.15, 0.2) is 5.75 Å². The van der Waals surface area contributed by atoms with E-state index < -0.39 is 0 Å². The molecule has 0 bridgehead atoms. The summed E-state index contributed by atoms with van der Waals surface area (Å²) in [5.74, 6) is 1.07. The summed E-state index contributed by atoms with van der Waals surface area (Å²) >= 11 is 3.69. The van der Waals surface area contributed by atoms with E-state index in [4.69, 9.17) is 10.2 Å². The number of rotatable bonds is 9. The largest absolute Gasteiger partial charge is 0.455 e. The summed E-state index contributed by atoms with van der Waals surface area (Å²) in [6.45, 7) is 0. The van der Waals surface area contributed by atoms with Crippen molar-refractivity contribution in [3.63, 3.8) is 0 Å². The van der Waals surface area contributed by atoms with Crippen LogP contribution in [0.4, 0.5) is 17.1 Å². The molecule has 10 rings (SSSR count). The molecule has 0 saturated carbocycles. The van der Waals surface area contributed by atoms with Crippen molar-refractivity contribution in [2.45, 2.75) is 0 Å². The summed E-state index contributed by atoms with van der Waals surface area (Å²) in [5, 5.41) is 1.10. The van der Waals surface area contributed by atoms with E-state index in [9.17, 15) is 0 Å². The lowest BCUT2D eigenvalue weighted by atomic mass is 9.94. The first-order chi connectivity index (χ1) is 30.4. The Morgan fingerprint density at radius 3 is 1.72 bits per heavy atom. The third-order valence-corrected chi connectivity index (χ3v) is 10.9. The Bertz CT molecular complexity index is 3190. The average molecular weight is 814 g/mol. The van der Waals surface area contributed by atoms with Gasteiger partial charge in [0, 0.05) is 43.8 Å². The third-order valence-electron chi connectivity index (χ3n) is 10.4. The number of halogens is 1. The second-order valence-corrected chi connectivity index (χ2v) is 14.9. The predicted molar refractivity (Wildman–Crippen MR) is 246 cm³/mol. The quantitative estimate of drug-likeness (QED) is 0.144. The van der Waals surface area contributed by atoms with Crippen LogP contribution in [0.25, 0.3) is 60.9 Å². The molecule has 276 valence electrons. The predicted octanol–water partition coefficient (Wildman–Crippen LogP) is 15.8.